The van der Waals surface area contributed by atoms with Crippen molar-refractivity contribution in [2.45, 2.75) is 13.0 Å². The Morgan fingerprint density at radius 1 is 1.05 bits per heavy atom. The van der Waals surface area contributed by atoms with Crippen LogP contribution in [0.5, 0.6) is 5.75 Å². The van der Waals surface area contributed by atoms with E-state index in [1.54, 1.807) is 18.6 Å². The first-order chi connectivity index (χ1) is 19.1. The number of nitrogens with zero attached hydrogens (tertiary/aromatic N) is 2. The molecule has 194 valence electrons. The monoisotopic (exact) mass is 535 g/mol. The third-order valence-electron chi connectivity index (χ3n) is 6.71. The zero-order chi connectivity index (χ0) is 26.9. The molecule has 7 nitrogen and oxygen atoms in total. The third kappa shape index (κ3) is 4.38. The van der Waals surface area contributed by atoms with Gasteiger partial charge in [0.15, 0.2) is 4.80 Å². The Bertz CT molecular complexity index is 1900. The van der Waals surface area contributed by atoms with Gasteiger partial charge in [0.1, 0.15) is 5.75 Å². The summed E-state index contributed by atoms with van der Waals surface area (Å²) in [5.74, 6) is 0.169. The lowest BCUT2D eigenvalue weighted by Crippen LogP contribution is -2.40. The third-order valence-corrected chi connectivity index (χ3v) is 7.70. The number of hydrogen-bond acceptors (Lipinski definition) is 6. The number of thiazole rings is 1. The van der Waals surface area contributed by atoms with E-state index in [4.69, 9.17) is 14.5 Å². The molecule has 0 spiro atoms. The second-order valence-electron chi connectivity index (χ2n) is 8.99. The van der Waals surface area contributed by atoms with Gasteiger partial charge in [0.05, 0.1) is 35.6 Å². The van der Waals surface area contributed by atoms with Crippen molar-refractivity contribution < 1.29 is 14.3 Å². The SMILES string of the molecule is CCOC(=O)C1=C(c2ccccc2)N=c2s/c(=C\c3c[nH]c4ccccc34)c(=O)n2[C@H]1c1ccc(OC)cc1. The maximum absolute atomic E-state index is 14.0. The number of H-pyrrole nitrogens is 1. The Kier molecular flexibility index (Phi) is 6.46. The van der Waals surface area contributed by atoms with Gasteiger partial charge in [0.25, 0.3) is 5.56 Å². The summed E-state index contributed by atoms with van der Waals surface area (Å²) in [6.45, 7) is 1.96. The van der Waals surface area contributed by atoms with Gasteiger partial charge in [-0.15, -0.1) is 0 Å². The highest BCUT2D eigenvalue weighted by Gasteiger charge is 2.35. The summed E-state index contributed by atoms with van der Waals surface area (Å²) in [6.07, 6.45) is 3.77. The fraction of sp³-hybridized carbons (Fsp3) is 0.129. The van der Waals surface area contributed by atoms with Crippen LogP contribution in [-0.2, 0) is 9.53 Å². The first-order valence-electron chi connectivity index (χ1n) is 12.6. The van der Waals surface area contributed by atoms with Gasteiger partial charge in [-0.3, -0.25) is 9.36 Å². The molecular formula is C31H25N3O4S. The van der Waals surface area contributed by atoms with Gasteiger partial charge >= 0.3 is 5.97 Å². The summed E-state index contributed by atoms with van der Waals surface area (Å²) >= 11 is 1.30. The predicted molar refractivity (Wildman–Crippen MR) is 152 cm³/mol. The first-order valence-corrected chi connectivity index (χ1v) is 13.4. The average Bonchev–Trinajstić information content (AvgIpc) is 3.53. The Balaban J connectivity index is 1.64. The van der Waals surface area contributed by atoms with Crippen LogP contribution in [-0.4, -0.2) is 29.2 Å². The van der Waals surface area contributed by atoms with Crippen LogP contribution in [0.15, 0.2) is 100 Å². The van der Waals surface area contributed by atoms with E-state index in [0.29, 0.717) is 26.4 Å². The highest BCUT2D eigenvalue weighted by atomic mass is 32.1. The molecule has 0 radical (unpaired) electrons. The van der Waals surface area contributed by atoms with E-state index in [1.807, 2.05) is 91.1 Å². The number of fused-ring (bicyclic) bond motifs is 2. The van der Waals surface area contributed by atoms with E-state index in [-0.39, 0.29) is 12.2 Å². The van der Waals surface area contributed by atoms with Gasteiger partial charge in [0.2, 0.25) is 0 Å². The predicted octanol–water partition coefficient (Wildman–Crippen LogP) is 4.43. The van der Waals surface area contributed by atoms with Gasteiger partial charge in [0, 0.05) is 28.2 Å². The molecule has 6 rings (SSSR count). The molecule has 0 amide bonds. The number of para-hydroxylation sites is 1. The summed E-state index contributed by atoms with van der Waals surface area (Å²) in [7, 11) is 1.60. The molecule has 1 aliphatic heterocycles. The molecule has 8 heteroatoms. The lowest BCUT2D eigenvalue weighted by Gasteiger charge is -2.26. The molecule has 0 saturated carbocycles. The summed E-state index contributed by atoms with van der Waals surface area (Å²) in [5, 5.41) is 1.02. The molecule has 0 fully saturated rings. The van der Waals surface area contributed by atoms with Gasteiger partial charge < -0.3 is 14.5 Å². The van der Waals surface area contributed by atoms with Gasteiger partial charge in [-0.1, -0.05) is 72.0 Å². The lowest BCUT2D eigenvalue weighted by atomic mass is 9.93. The molecule has 3 aromatic carbocycles. The highest BCUT2D eigenvalue weighted by molar-refractivity contribution is 7.07. The van der Waals surface area contributed by atoms with E-state index in [9.17, 15) is 9.59 Å². The molecule has 0 saturated heterocycles. The Morgan fingerprint density at radius 3 is 2.54 bits per heavy atom. The fourth-order valence-corrected chi connectivity index (χ4v) is 5.89. The quantitative estimate of drug-likeness (QED) is 0.326. The molecule has 0 aliphatic carbocycles. The van der Waals surface area contributed by atoms with E-state index in [1.165, 1.54) is 11.3 Å². The second kappa shape index (κ2) is 10.2. The summed E-state index contributed by atoms with van der Waals surface area (Å²) in [4.78, 5) is 36.2. The minimum absolute atomic E-state index is 0.199. The standard InChI is InChI=1S/C31H25N3O4S/c1-3-38-30(36)26-27(19-9-5-4-6-10-19)33-31-34(28(26)20-13-15-22(37-2)16-14-20)29(35)25(39-31)17-21-18-32-24-12-8-7-11-23(21)24/h4-18,28,32H,3H2,1-2H3/b25-17-/t28-/m0/s1. The zero-order valence-electron chi connectivity index (χ0n) is 21.4. The molecule has 1 N–H and O–H groups in total. The van der Waals surface area contributed by atoms with Crippen molar-refractivity contribution in [1.82, 2.24) is 9.55 Å². The lowest BCUT2D eigenvalue weighted by molar-refractivity contribution is -0.138. The van der Waals surface area contributed by atoms with Gasteiger partial charge in [-0.05, 0) is 36.8 Å². The molecule has 1 aliphatic rings. The molecule has 5 aromatic rings. The fourth-order valence-electron chi connectivity index (χ4n) is 4.90. The van der Waals surface area contributed by atoms with Crippen LogP contribution in [0.4, 0.5) is 0 Å². The number of carbonyl (C=O) groups is 1. The minimum Gasteiger partial charge on any atom is -0.497 e. The van der Waals surface area contributed by atoms with Crippen molar-refractivity contribution in [1.29, 1.82) is 0 Å². The molecule has 0 unspecified atom stereocenters. The summed E-state index contributed by atoms with van der Waals surface area (Å²) < 4.78 is 13.0. The number of benzene rings is 3. The number of nitrogens with one attached hydrogen (secondary N) is 1. The minimum atomic E-state index is -0.730. The second-order valence-corrected chi connectivity index (χ2v) is 10.0. The van der Waals surface area contributed by atoms with E-state index >= 15 is 0 Å². The molecule has 2 aromatic heterocycles. The Labute approximate surface area is 228 Å². The van der Waals surface area contributed by atoms with Crippen molar-refractivity contribution in [3.8, 4) is 5.75 Å². The van der Waals surface area contributed by atoms with Crippen LogP contribution in [0.1, 0.15) is 29.7 Å². The van der Waals surface area contributed by atoms with Crippen LogP contribution in [0.25, 0.3) is 22.7 Å². The van der Waals surface area contributed by atoms with Crippen LogP contribution in [0.2, 0.25) is 0 Å². The molecule has 1 atom stereocenters. The molecule has 39 heavy (non-hydrogen) atoms. The van der Waals surface area contributed by atoms with E-state index in [2.05, 4.69) is 4.98 Å². The number of hydrogen-bond donors (Lipinski definition) is 1. The van der Waals surface area contributed by atoms with E-state index < -0.39 is 12.0 Å². The number of ether oxygens (including phenoxy) is 2. The topological polar surface area (TPSA) is 85.7 Å². The van der Waals surface area contributed by atoms with Crippen LogP contribution in [0.3, 0.4) is 0 Å². The first kappa shape index (κ1) is 24.6. The zero-order valence-corrected chi connectivity index (χ0v) is 22.2. The smallest absolute Gasteiger partial charge is 0.338 e. The van der Waals surface area contributed by atoms with Gasteiger partial charge in [-0.25, -0.2) is 9.79 Å². The van der Waals surface area contributed by atoms with Crippen molar-refractivity contribution in [3.05, 3.63) is 127 Å². The number of methoxy groups -OCH3 is 1. The molecular weight excluding hydrogens is 510 g/mol. The summed E-state index contributed by atoms with van der Waals surface area (Å²) in [6, 6.07) is 24.1. The highest BCUT2D eigenvalue weighted by Crippen LogP contribution is 2.35. The number of rotatable bonds is 6. The number of carbonyl (C=O) groups excluding carboxylic acids is 1. The van der Waals surface area contributed by atoms with Crippen LogP contribution >= 0.6 is 11.3 Å². The maximum atomic E-state index is 14.0. The van der Waals surface area contributed by atoms with Crippen LogP contribution < -0.4 is 19.6 Å². The van der Waals surface area contributed by atoms with Crippen molar-refractivity contribution in [3.63, 3.8) is 0 Å². The molecule has 3 heterocycles. The Hall–Kier alpha value is -4.69. The van der Waals surface area contributed by atoms with Crippen LogP contribution in [0, 0.1) is 0 Å². The van der Waals surface area contributed by atoms with Crippen molar-refractivity contribution in [2.24, 2.45) is 4.99 Å². The number of aromatic amines is 1. The Morgan fingerprint density at radius 2 is 1.79 bits per heavy atom. The van der Waals surface area contributed by atoms with E-state index in [0.717, 1.165) is 27.6 Å². The van der Waals surface area contributed by atoms with Crippen molar-refractivity contribution >= 4 is 40.0 Å². The van der Waals surface area contributed by atoms with Crippen molar-refractivity contribution in [2.75, 3.05) is 13.7 Å². The maximum Gasteiger partial charge on any atom is 0.338 e. The average molecular weight is 536 g/mol. The number of esters is 1. The number of aromatic nitrogens is 2. The normalized spacial score (nSPS) is 15.2. The van der Waals surface area contributed by atoms with Gasteiger partial charge in [-0.2, -0.15) is 0 Å². The summed E-state index contributed by atoms with van der Waals surface area (Å²) in [5.41, 5.74) is 4.01. The largest absolute Gasteiger partial charge is 0.497 e. The molecule has 0 bridgehead atoms.